The molecule has 6 heteroatoms. The van der Waals surface area contributed by atoms with Gasteiger partial charge in [0.2, 0.25) is 11.8 Å². The Bertz CT molecular complexity index is 613. The number of benzene rings is 1. The highest BCUT2D eigenvalue weighted by molar-refractivity contribution is 5.99. The lowest BCUT2D eigenvalue weighted by atomic mass is 10.1. The van der Waals surface area contributed by atoms with Crippen LogP contribution in [0.25, 0.3) is 0 Å². The van der Waals surface area contributed by atoms with E-state index in [2.05, 4.69) is 5.32 Å². The number of carbonyl (C=O) groups is 3. The van der Waals surface area contributed by atoms with Gasteiger partial charge in [-0.1, -0.05) is 6.07 Å². The van der Waals surface area contributed by atoms with Gasteiger partial charge in [0.05, 0.1) is 6.54 Å². The van der Waals surface area contributed by atoms with Crippen molar-refractivity contribution in [3.05, 3.63) is 29.8 Å². The highest BCUT2D eigenvalue weighted by atomic mass is 16.2. The van der Waals surface area contributed by atoms with Crippen LogP contribution in [0.3, 0.4) is 0 Å². The zero-order valence-electron chi connectivity index (χ0n) is 13.8. The highest BCUT2D eigenvalue weighted by Crippen LogP contribution is 2.22. The number of nitrogens with zero attached hydrogens (tertiary/aromatic N) is 2. The molecule has 0 spiro atoms. The average molecular weight is 317 g/mol. The first-order valence-electron chi connectivity index (χ1n) is 7.83. The first kappa shape index (κ1) is 17.0. The molecule has 1 aliphatic rings. The van der Waals surface area contributed by atoms with Crippen LogP contribution in [0, 0.1) is 0 Å². The van der Waals surface area contributed by atoms with Gasteiger partial charge in [-0.05, 0) is 38.5 Å². The van der Waals surface area contributed by atoms with Crippen LogP contribution in [-0.2, 0) is 9.59 Å². The summed E-state index contributed by atoms with van der Waals surface area (Å²) < 4.78 is 0. The standard InChI is InChI=1S/C17H23N3O3/c1-12(2)18-15(21)11-19(3)17(23)13-6-4-7-14(10-13)20-9-5-8-16(20)22/h4,6-7,10,12H,5,8-9,11H2,1-3H3,(H,18,21). The average Bonchev–Trinajstić information content (AvgIpc) is 2.91. The lowest BCUT2D eigenvalue weighted by molar-refractivity contribution is -0.122. The SMILES string of the molecule is CC(C)NC(=O)CN(C)C(=O)c1cccc(N2CCCC2=O)c1. The molecule has 1 fully saturated rings. The van der Waals surface area contributed by atoms with E-state index < -0.39 is 0 Å². The van der Waals surface area contributed by atoms with Crippen molar-refractivity contribution in [3.63, 3.8) is 0 Å². The molecule has 1 saturated heterocycles. The summed E-state index contributed by atoms with van der Waals surface area (Å²) in [5, 5.41) is 2.76. The lowest BCUT2D eigenvalue weighted by Gasteiger charge is -2.20. The van der Waals surface area contributed by atoms with E-state index in [1.165, 1.54) is 4.90 Å². The summed E-state index contributed by atoms with van der Waals surface area (Å²) in [5.74, 6) is -0.349. The van der Waals surface area contributed by atoms with Crippen LogP contribution < -0.4 is 10.2 Å². The van der Waals surface area contributed by atoms with E-state index in [-0.39, 0.29) is 30.3 Å². The van der Waals surface area contributed by atoms with Crippen LogP contribution in [-0.4, -0.2) is 48.8 Å². The molecule has 1 aromatic rings. The Kier molecular flexibility index (Phi) is 5.36. The summed E-state index contributed by atoms with van der Waals surface area (Å²) in [4.78, 5) is 39.1. The molecule has 1 aromatic carbocycles. The fourth-order valence-electron chi connectivity index (χ4n) is 2.60. The molecule has 0 aliphatic carbocycles. The maximum atomic E-state index is 12.5. The minimum atomic E-state index is -0.239. The van der Waals surface area contributed by atoms with Crippen LogP contribution in [0.15, 0.2) is 24.3 Å². The second kappa shape index (κ2) is 7.26. The van der Waals surface area contributed by atoms with Crippen molar-refractivity contribution in [1.29, 1.82) is 0 Å². The van der Waals surface area contributed by atoms with Crippen molar-refractivity contribution >= 4 is 23.4 Å². The molecule has 23 heavy (non-hydrogen) atoms. The van der Waals surface area contributed by atoms with Crippen molar-refractivity contribution in [2.45, 2.75) is 32.7 Å². The van der Waals surface area contributed by atoms with Crippen molar-refractivity contribution in [2.75, 3.05) is 25.0 Å². The third-order valence-corrected chi connectivity index (χ3v) is 3.66. The number of hydrogen-bond donors (Lipinski definition) is 1. The van der Waals surface area contributed by atoms with E-state index in [0.717, 1.165) is 12.1 Å². The monoisotopic (exact) mass is 317 g/mol. The Hall–Kier alpha value is -2.37. The normalized spacial score (nSPS) is 14.3. The molecule has 3 amide bonds. The highest BCUT2D eigenvalue weighted by Gasteiger charge is 2.23. The van der Waals surface area contributed by atoms with E-state index in [1.807, 2.05) is 19.9 Å². The summed E-state index contributed by atoms with van der Waals surface area (Å²) in [7, 11) is 1.59. The van der Waals surface area contributed by atoms with Crippen molar-refractivity contribution in [1.82, 2.24) is 10.2 Å². The van der Waals surface area contributed by atoms with Gasteiger partial charge in [0.15, 0.2) is 0 Å². The Morgan fingerprint density at radius 2 is 2.09 bits per heavy atom. The van der Waals surface area contributed by atoms with E-state index in [9.17, 15) is 14.4 Å². The second-order valence-corrected chi connectivity index (χ2v) is 6.08. The minimum Gasteiger partial charge on any atom is -0.352 e. The zero-order valence-corrected chi connectivity index (χ0v) is 13.8. The predicted molar refractivity (Wildman–Crippen MR) is 88.3 cm³/mol. The maximum absolute atomic E-state index is 12.5. The molecule has 0 saturated carbocycles. The number of anilines is 1. The summed E-state index contributed by atoms with van der Waals surface area (Å²) in [6, 6.07) is 7.03. The summed E-state index contributed by atoms with van der Waals surface area (Å²) in [5.41, 5.74) is 1.21. The molecule has 2 rings (SSSR count). The van der Waals surface area contributed by atoms with Gasteiger partial charge < -0.3 is 15.1 Å². The van der Waals surface area contributed by atoms with Gasteiger partial charge in [0.25, 0.3) is 5.91 Å². The van der Waals surface area contributed by atoms with Gasteiger partial charge in [-0.2, -0.15) is 0 Å². The van der Waals surface area contributed by atoms with Gasteiger partial charge in [0, 0.05) is 37.3 Å². The fourth-order valence-corrected chi connectivity index (χ4v) is 2.60. The third kappa shape index (κ3) is 4.31. The Balaban J connectivity index is 2.07. The van der Waals surface area contributed by atoms with Crippen LogP contribution in [0.5, 0.6) is 0 Å². The van der Waals surface area contributed by atoms with Crippen LogP contribution >= 0.6 is 0 Å². The molecule has 124 valence electrons. The van der Waals surface area contributed by atoms with E-state index >= 15 is 0 Å². The zero-order chi connectivity index (χ0) is 17.0. The van der Waals surface area contributed by atoms with Crippen LogP contribution in [0.2, 0.25) is 0 Å². The van der Waals surface area contributed by atoms with Gasteiger partial charge in [-0.15, -0.1) is 0 Å². The van der Waals surface area contributed by atoms with E-state index in [1.54, 1.807) is 30.1 Å². The molecular weight excluding hydrogens is 294 g/mol. The molecule has 0 aromatic heterocycles. The van der Waals surface area contributed by atoms with Crippen LogP contribution in [0.1, 0.15) is 37.0 Å². The Morgan fingerprint density at radius 1 is 1.35 bits per heavy atom. The smallest absolute Gasteiger partial charge is 0.254 e. The van der Waals surface area contributed by atoms with Crippen molar-refractivity contribution in [3.8, 4) is 0 Å². The summed E-state index contributed by atoms with van der Waals surface area (Å²) in [6.45, 7) is 4.43. The lowest BCUT2D eigenvalue weighted by Crippen LogP contribution is -2.40. The molecule has 6 nitrogen and oxygen atoms in total. The van der Waals surface area contributed by atoms with Crippen molar-refractivity contribution < 1.29 is 14.4 Å². The molecular formula is C17H23N3O3. The molecule has 1 heterocycles. The number of nitrogens with one attached hydrogen (secondary N) is 1. The maximum Gasteiger partial charge on any atom is 0.254 e. The number of likely N-dealkylation sites (N-methyl/N-ethyl adjacent to an activating group) is 1. The number of carbonyl (C=O) groups excluding carboxylic acids is 3. The first-order valence-corrected chi connectivity index (χ1v) is 7.83. The van der Waals surface area contributed by atoms with Gasteiger partial charge in [-0.3, -0.25) is 14.4 Å². The Labute approximate surface area is 136 Å². The Morgan fingerprint density at radius 3 is 2.70 bits per heavy atom. The summed E-state index contributed by atoms with van der Waals surface area (Å²) >= 11 is 0. The topological polar surface area (TPSA) is 69.7 Å². The molecule has 0 atom stereocenters. The molecule has 1 N–H and O–H groups in total. The van der Waals surface area contributed by atoms with Crippen molar-refractivity contribution in [2.24, 2.45) is 0 Å². The third-order valence-electron chi connectivity index (χ3n) is 3.66. The largest absolute Gasteiger partial charge is 0.352 e. The second-order valence-electron chi connectivity index (χ2n) is 6.08. The number of amides is 3. The number of rotatable bonds is 5. The van der Waals surface area contributed by atoms with Gasteiger partial charge in [-0.25, -0.2) is 0 Å². The molecule has 0 bridgehead atoms. The van der Waals surface area contributed by atoms with E-state index in [0.29, 0.717) is 18.5 Å². The predicted octanol–water partition coefficient (Wildman–Crippen LogP) is 1.41. The van der Waals surface area contributed by atoms with Gasteiger partial charge in [0.1, 0.15) is 0 Å². The quantitative estimate of drug-likeness (QED) is 0.892. The fraction of sp³-hybridized carbons (Fsp3) is 0.471. The molecule has 0 unspecified atom stereocenters. The summed E-state index contributed by atoms with van der Waals surface area (Å²) in [6.07, 6.45) is 1.39. The first-order chi connectivity index (χ1) is 10.9. The number of hydrogen-bond acceptors (Lipinski definition) is 3. The minimum absolute atomic E-state index is 0.00385. The van der Waals surface area contributed by atoms with E-state index in [4.69, 9.17) is 0 Å². The van der Waals surface area contributed by atoms with Crippen LogP contribution in [0.4, 0.5) is 5.69 Å². The van der Waals surface area contributed by atoms with Gasteiger partial charge >= 0.3 is 0 Å². The molecule has 0 radical (unpaired) electrons. The molecule has 1 aliphatic heterocycles.